The van der Waals surface area contributed by atoms with Crippen LogP contribution < -0.4 is 15.0 Å². The fourth-order valence-corrected chi connectivity index (χ4v) is 5.95. The lowest BCUT2D eigenvalue weighted by molar-refractivity contribution is -0.123. The highest BCUT2D eigenvalue weighted by Crippen LogP contribution is 2.55. The van der Waals surface area contributed by atoms with Gasteiger partial charge in [-0.15, -0.1) is 0 Å². The van der Waals surface area contributed by atoms with Crippen molar-refractivity contribution >= 4 is 28.1 Å². The number of nitrogens with zero attached hydrogens (tertiary/aromatic N) is 1. The third-order valence-corrected chi connectivity index (χ3v) is 7.07. The van der Waals surface area contributed by atoms with Gasteiger partial charge in [-0.1, -0.05) is 24.3 Å². The van der Waals surface area contributed by atoms with Crippen LogP contribution in [0.25, 0.3) is 16.5 Å². The summed E-state index contributed by atoms with van der Waals surface area (Å²) in [5, 5.41) is 4.86. The fraction of sp³-hybridized carbons (Fsp3) is 0.346. The van der Waals surface area contributed by atoms with Crippen LogP contribution in [0.2, 0.25) is 0 Å². The molecule has 0 saturated carbocycles. The number of aromatic amines is 1. The molecule has 4 heterocycles. The molecule has 0 radical (unpaired) electrons. The zero-order chi connectivity index (χ0) is 21.5. The molecular formula is C26H27N3O2. The van der Waals surface area contributed by atoms with Crippen LogP contribution >= 0.6 is 0 Å². The second-order valence-electron chi connectivity index (χ2n) is 9.37. The van der Waals surface area contributed by atoms with Crippen LogP contribution in [0.15, 0.2) is 42.5 Å². The maximum absolute atomic E-state index is 14.4. The average molecular weight is 414 g/mol. The highest BCUT2D eigenvalue weighted by Gasteiger charge is 2.59. The molecule has 0 aliphatic carbocycles. The number of hydrogen-bond acceptors (Lipinski definition) is 3. The van der Waals surface area contributed by atoms with E-state index in [0.29, 0.717) is 6.61 Å². The number of allylic oxidation sites excluding steroid dienone is 1. The number of hydrogen-bond donors (Lipinski definition) is 2. The number of anilines is 1. The number of para-hydroxylation sites is 1. The van der Waals surface area contributed by atoms with E-state index in [1.165, 1.54) is 16.5 Å². The molecule has 158 valence electrons. The minimum Gasteiger partial charge on any atom is -0.494 e. The largest absolute Gasteiger partial charge is 0.494 e. The van der Waals surface area contributed by atoms with Crippen molar-refractivity contribution in [1.29, 1.82) is 0 Å². The second kappa shape index (κ2) is 6.01. The Morgan fingerprint density at radius 2 is 2.00 bits per heavy atom. The van der Waals surface area contributed by atoms with Crippen molar-refractivity contribution in [3.8, 4) is 5.75 Å². The van der Waals surface area contributed by atoms with Gasteiger partial charge in [0.25, 0.3) is 5.91 Å². The minimum absolute atomic E-state index is 0.0821. The van der Waals surface area contributed by atoms with Gasteiger partial charge in [-0.3, -0.25) is 10.1 Å². The summed E-state index contributed by atoms with van der Waals surface area (Å²) in [5.41, 5.74) is 6.21. The van der Waals surface area contributed by atoms with Crippen molar-refractivity contribution in [2.45, 2.75) is 45.2 Å². The standard InChI is InChI=1S/C26H27N3O2/c1-5-31-16-12-19-15(2)14-25(3,4)29-22(19)20(13-16)26(24(29)30)23-18(10-11-27-26)17-8-6-7-9-21(17)28-23/h6-9,12-14,27-28H,5,10-11H2,1-4H3/t26-/m1/s1. The molecule has 5 heteroatoms. The summed E-state index contributed by atoms with van der Waals surface area (Å²) >= 11 is 0. The zero-order valence-electron chi connectivity index (χ0n) is 18.4. The van der Waals surface area contributed by atoms with E-state index in [2.05, 4.69) is 67.5 Å². The maximum Gasteiger partial charge on any atom is 0.258 e. The lowest BCUT2D eigenvalue weighted by atomic mass is 9.81. The van der Waals surface area contributed by atoms with E-state index in [0.717, 1.165) is 46.7 Å². The topological polar surface area (TPSA) is 57.4 Å². The molecule has 5 nitrogen and oxygen atoms in total. The predicted octanol–water partition coefficient (Wildman–Crippen LogP) is 4.50. The van der Waals surface area contributed by atoms with Crippen molar-refractivity contribution in [1.82, 2.24) is 10.3 Å². The first-order valence-electron chi connectivity index (χ1n) is 11.1. The maximum atomic E-state index is 14.4. The number of fused-ring (bicyclic) bond motifs is 5. The molecule has 0 bridgehead atoms. The fourth-order valence-electron chi connectivity index (χ4n) is 5.95. The summed E-state index contributed by atoms with van der Waals surface area (Å²) in [5.74, 6) is 0.890. The van der Waals surface area contributed by atoms with Crippen LogP contribution in [0.1, 0.15) is 50.1 Å². The minimum atomic E-state index is -0.931. The summed E-state index contributed by atoms with van der Waals surface area (Å²) in [4.78, 5) is 20.0. The predicted molar refractivity (Wildman–Crippen MR) is 124 cm³/mol. The summed E-state index contributed by atoms with van der Waals surface area (Å²) < 4.78 is 5.95. The van der Waals surface area contributed by atoms with Gasteiger partial charge in [0, 0.05) is 28.6 Å². The summed E-state index contributed by atoms with van der Waals surface area (Å²) in [6.45, 7) is 9.68. The van der Waals surface area contributed by atoms with Gasteiger partial charge in [0.1, 0.15) is 5.75 Å². The van der Waals surface area contributed by atoms with E-state index in [9.17, 15) is 4.79 Å². The van der Waals surface area contributed by atoms with Gasteiger partial charge < -0.3 is 14.6 Å². The highest BCUT2D eigenvalue weighted by atomic mass is 16.5. The number of carbonyl (C=O) groups excluding carboxylic acids is 1. The summed E-state index contributed by atoms with van der Waals surface area (Å²) in [6.07, 6.45) is 3.09. The quantitative estimate of drug-likeness (QED) is 0.650. The molecule has 2 N–H and O–H groups in total. The molecule has 6 rings (SSSR count). The van der Waals surface area contributed by atoms with Crippen molar-refractivity contribution in [3.05, 3.63) is 64.9 Å². The monoisotopic (exact) mass is 413 g/mol. The Labute approximate surface area is 182 Å². The summed E-state index contributed by atoms with van der Waals surface area (Å²) in [6, 6.07) is 12.5. The first-order chi connectivity index (χ1) is 14.9. The molecule has 3 aromatic rings. The number of rotatable bonds is 2. The lowest BCUT2D eigenvalue weighted by Crippen LogP contribution is -2.58. The van der Waals surface area contributed by atoms with Gasteiger partial charge in [-0.05, 0) is 63.5 Å². The van der Waals surface area contributed by atoms with Gasteiger partial charge in [0.2, 0.25) is 0 Å². The van der Waals surface area contributed by atoms with Gasteiger partial charge in [0.15, 0.2) is 5.54 Å². The van der Waals surface area contributed by atoms with Crippen molar-refractivity contribution in [2.75, 3.05) is 18.1 Å². The molecule has 31 heavy (non-hydrogen) atoms. The van der Waals surface area contributed by atoms with E-state index < -0.39 is 11.1 Å². The van der Waals surface area contributed by atoms with E-state index >= 15 is 0 Å². The number of nitrogens with one attached hydrogen (secondary N) is 2. The zero-order valence-corrected chi connectivity index (χ0v) is 18.4. The number of H-pyrrole nitrogens is 1. The number of ether oxygens (including phenoxy) is 1. The molecule has 1 aromatic heterocycles. The Hall–Kier alpha value is -3.05. The van der Waals surface area contributed by atoms with Gasteiger partial charge in [0.05, 0.1) is 23.5 Å². The second-order valence-corrected chi connectivity index (χ2v) is 9.37. The van der Waals surface area contributed by atoms with Gasteiger partial charge in [-0.2, -0.15) is 0 Å². The van der Waals surface area contributed by atoms with Crippen molar-refractivity contribution in [3.63, 3.8) is 0 Å². The third-order valence-electron chi connectivity index (χ3n) is 7.07. The first kappa shape index (κ1) is 18.7. The highest BCUT2D eigenvalue weighted by molar-refractivity contribution is 6.15. The Bertz CT molecular complexity index is 1300. The average Bonchev–Trinajstić information content (AvgIpc) is 3.23. The lowest BCUT2D eigenvalue weighted by Gasteiger charge is -2.40. The molecule has 0 unspecified atom stereocenters. The number of benzene rings is 2. The van der Waals surface area contributed by atoms with Crippen LogP contribution in [0.5, 0.6) is 5.75 Å². The molecule has 2 aromatic carbocycles. The first-order valence-corrected chi connectivity index (χ1v) is 11.1. The van der Waals surface area contributed by atoms with Crippen molar-refractivity contribution in [2.24, 2.45) is 0 Å². The third kappa shape index (κ3) is 2.22. The smallest absolute Gasteiger partial charge is 0.258 e. The van der Waals surface area contributed by atoms with Crippen molar-refractivity contribution < 1.29 is 9.53 Å². The van der Waals surface area contributed by atoms with Crippen LogP contribution in [0, 0.1) is 0 Å². The molecule has 1 atom stereocenters. The molecule has 0 saturated heterocycles. The Morgan fingerprint density at radius 1 is 1.19 bits per heavy atom. The number of aromatic nitrogens is 1. The van der Waals surface area contributed by atoms with Crippen LogP contribution in [-0.2, 0) is 16.8 Å². The molecule has 0 fully saturated rings. The number of carbonyl (C=O) groups is 1. The van der Waals surface area contributed by atoms with E-state index in [1.54, 1.807) is 0 Å². The SMILES string of the molecule is CCOc1cc2c3c(c1)[C@]1(NCCc4c1[nH]c1ccccc41)C(=O)N3C(C)(C)C=C2C. The van der Waals surface area contributed by atoms with E-state index in [1.807, 2.05) is 17.9 Å². The van der Waals surface area contributed by atoms with Crippen LogP contribution in [-0.4, -0.2) is 29.6 Å². The normalized spacial score (nSPS) is 23.2. The van der Waals surface area contributed by atoms with Gasteiger partial charge >= 0.3 is 0 Å². The number of amides is 1. The molecular weight excluding hydrogens is 386 g/mol. The van der Waals surface area contributed by atoms with E-state index in [-0.39, 0.29) is 5.91 Å². The molecule has 3 aliphatic heterocycles. The Morgan fingerprint density at radius 3 is 2.81 bits per heavy atom. The molecule has 1 spiro atoms. The van der Waals surface area contributed by atoms with Crippen LogP contribution in [0.4, 0.5) is 5.69 Å². The Balaban J connectivity index is 1.72. The molecule has 1 amide bonds. The Kier molecular flexibility index (Phi) is 3.63. The molecule has 3 aliphatic rings. The summed E-state index contributed by atoms with van der Waals surface area (Å²) in [7, 11) is 0. The van der Waals surface area contributed by atoms with Gasteiger partial charge in [-0.25, -0.2) is 0 Å². The van der Waals surface area contributed by atoms with E-state index in [4.69, 9.17) is 4.74 Å². The van der Waals surface area contributed by atoms with Crippen LogP contribution in [0.3, 0.4) is 0 Å².